The number of carbonyl (C=O) groups excluding carboxylic acids is 2. The van der Waals surface area contributed by atoms with Gasteiger partial charge in [0.25, 0.3) is 0 Å². The molecule has 1 fully saturated rings. The van der Waals surface area contributed by atoms with Gasteiger partial charge in [-0.15, -0.1) is 0 Å². The van der Waals surface area contributed by atoms with Crippen molar-refractivity contribution in [3.63, 3.8) is 0 Å². The number of anilines is 1. The van der Waals surface area contributed by atoms with Gasteiger partial charge in [0, 0.05) is 36.5 Å². The first-order valence-electron chi connectivity index (χ1n) is 14.4. The summed E-state index contributed by atoms with van der Waals surface area (Å²) in [6.07, 6.45) is 8.99. The number of benzene rings is 1. The summed E-state index contributed by atoms with van der Waals surface area (Å²) in [5, 5.41) is 4.72. The molecule has 0 spiro atoms. The second kappa shape index (κ2) is 11.4. The van der Waals surface area contributed by atoms with Gasteiger partial charge in [-0.05, 0) is 82.2 Å². The summed E-state index contributed by atoms with van der Waals surface area (Å²) in [6, 6.07) is 9.65. The van der Waals surface area contributed by atoms with E-state index in [0.29, 0.717) is 23.8 Å². The van der Waals surface area contributed by atoms with E-state index < -0.39 is 11.6 Å². The molecule has 0 amide bonds. The second-order valence-electron chi connectivity index (χ2n) is 12.0. The molecule has 0 N–H and O–H groups in total. The number of esters is 2. The molecule has 40 heavy (non-hydrogen) atoms. The predicted octanol–water partition coefficient (Wildman–Crippen LogP) is 6.14. The molecule has 1 saturated carbocycles. The third kappa shape index (κ3) is 5.91. The van der Waals surface area contributed by atoms with Gasteiger partial charge in [0.05, 0.1) is 18.9 Å². The van der Waals surface area contributed by atoms with Crippen LogP contribution in [0.4, 0.5) is 5.82 Å². The van der Waals surface area contributed by atoms with Gasteiger partial charge in [0.2, 0.25) is 0 Å². The summed E-state index contributed by atoms with van der Waals surface area (Å²) < 4.78 is 12.9. The fourth-order valence-electron chi connectivity index (χ4n) is 5.91. The lowest BCUT2D eigenvalue weighted by atomic mass is 9.89. The molecule has 0 bridgehead atoms. The van der Waals surface area contributed by atoms with Crippen LogP contribution in [0.1, 0.15) is 90.5 Å². The van der Waals surface area contributed by atoms with Gasteiger partial charge in [-0.3, -0.25) is 4.68 Å². The van der Waals surface area contributed by atoms with Crippen LogP contribution in [0.5, 0.6) is 0 Å². The number of aromatic nitrogens is 3. The van der Waals surface area contributed by atoms with Crippen molar-refractivity contribution in [2.45, 2.75) is 84.9 Å². The molecule has 212 valence electrons. The molecule has 2 aromatic heterocycles. The molecule has 0 radical (unpaired) electrons. The van der Waals surface area contributed by atoms with E-state index in [4.69, 9.17) is 19.6 Å². The Morgan fingerprint density at radius 3 is 2.52 bits per heavy atom. The van der Waals surface area contributed by atoms with Crippen molar-refractivity contribution in [2.24, 2.45) is 5.92 Å². The van der Waals surface area contributed by atoms with E-state index >= 15 is 0 Å². The lowest BCUT2D eigenvalue weighted by Gasteiger charge is -2.31. The number of nitrogens with zero attached hydrogens (tertiary/aromatic N) is 4. The number of ether oxygens (including phenoxy) is 2. The molecule has 0 saturated heterocycles. The monoisotopic (exact) mass is 544 g/mol. The first-order valence-corrected chi connectivity index (χ1v) is 14.4. The molecular formula is C32H40N4O4. The van der Waals surface area contributed by atoms with Crippen molar-refractivity contribution >= 4 is 17.8 Å². The van der Waals surface area contributed by atoms with Crippen LogP contribution in [0.3, 0.4) is 0 Å². The van der Waals surface area contributed by atoms with E-state index in [2.05, 4.69) is 22.6 Å². The van der Waals surface area contributed by atoms with E-state index in [1.54, 1.807) is 6.07 Å². The minimum Gasteiger partial charge on any atom is -0.465 e. The van der Waals surface area contributed by atoms with E-state index in [-0.39, 0.29) is 11.7 Å². The van der Waals surface area contributed by atoms with Gasteiger partial charge >= 0.3 is 11.9 Å². The molecule has 5 rings (SSSR count). The third-order valence-electron chi connectivity index (χ3n) is 8.02. The number of pyridine rings is 1. The Kier molecular flexibility index (Phi) is 7.97. The summed E-state index contributed by atoms with van der Waals surface area (Å²) in [5.41, 5.74) is 4.89. The zero-order chi connectivity index (χ0) is 28.4. The summed E-state index contributed by atoms with van der Waals surface area (Å²) in [6.45, 7) is 9.76. The number of fused-ring (bicyclic) bond motifs is 1. The largest absolute Gasteiger partial charge is 0.465 e. The van der Waals surface area contributed by atoms with Crippen LogP contribution < -0.4 is 4.90 Å². The minimum atomic E-state index is -0.661. The van der Waals surface area contributed by atoms with E-state index in [1.165, 1.54) is 39.2 Å². The molecule has 8 heteroatoms. The third-order valence-corrected chi connectivity index (χ3v) is 8.02. The van der Waals surface area contributed by atoms with E-state index in [9.17, 15) is 9.59 Å². The maximum Gasteiger partial charge on any atom is 0.358 e. The predicted molar refractivity (Wildman–Crippen MR) is 154 cm³/mol. The highest BCUT2D eigenvalue weighted by molar-refractivity contribution is 5.96. The molecule has 1 aliphatic heterocycles. The van der Waals surface area contributed by atoms with Crippen LogP contribution in [0.15, 0.2) is 36.5 Å². The van der Waals surface area contributed by atoms with Crippen molar-refractivity contribution in [3.05, 3.63) is 64.6 Å². The van der Waals surface area contributed by atoms with Gasteiger partial charge in [-0.2, -0.15) is 5.10 Å². The lowest BCUT2D eigenvalue weighted by Crippen LogP contribution is -2.33. The highest BCUT2D eigenvalue weighted by atomic mass is 16.6. The topological polar surface area (TPSA) is 86.6 Å². The Labute approximate surface area is 236 Å². The Morgan fingerprint density at radius 1 is 1.02 bits per heavy atom. The van der Waals surface area contributed by atoms with E-state index in [0.717, 1.165) is 47.5 Å². The summed E-state index contributed by atoms with van der Waals surface area (Å²) >= 11 is 0. The molecule has 1 aliphatic carbocycles. The number of rotatable bonds is 6. The minimum absolute atomic E-state index is 0.278. The van der Waals surface area contributed by atoms with Crippen LogP contribution in [0.25, 0.3) is 11.1 Å². The number of carbonyl (C=O) groups is 2. The Bertz CT molecular complexity index is 1400. The van der Waals surface area contributed by atoms with Crippen molar-refractivity contribution in [1.82, 2.24) is 14.8 Å². The lowest BCUT2D eigenvalue weighted by molar-refractivity contribution is 0.00637. The molecule has 2 aliphatic rings. The Balaban J connectivity index is 1.49. The Hall–Kier alpha value is -3.68. The quantitative estimate of drug-likeness (QED) is 0.345. The first kappa shape index (κ1) is 27.9. The fourth-order valence-corrected chi connectivity index (χ4v) is 5.91. The van der Waals surface area contributed by atoms with Crippen LogP contribution in [0, 0.1) is 12.8 Å². The van der Waals surface area contributed by atoms with Crippen molar-refractivity contribution in [1.29, 1.82) is 0 Å². The summed E-state index contributed by atoms with van der Waals surface area (Å²) in [7, 11) is 1.40. The van der Waals surface area contributed by atoms with Crippen LogP contribution in [0.2, 0.25) is 0 Å². The smallest absolute Gasteiger partial charge is 0.358 e. The fraction of sp³-hybridized carbons (Fsp3) is 0.500. The van der Waals surface area contributed by atoms with Gasteiger partial charge in [-0.25, -0.2) is 14.6 Å². The van der Waals surface area contributed by atoms with Crippen molar-refractivity contribution < 1.29 is 19.1 Å². The van der Waals surface area contributed by atoms with Crippen LogP contribution in [-0.4, -0.2) is 46.0 Å². The normalized spacial score (nSPS) is 16.0. The maximum atomic E-state index is 13.5. The summed E-state index contributed by atoms with van der Waals surface area (Å²) in [5.74, 6) is 0.499. The summed E-state index contributed by atoms with van der Waals surface area (Å²) in [4.78, 5) is 32.9. The number of hydrogen-bond donors (Lipinski definition) is 0. The van der Waals surface area contributed by atoms with Crippen molar-refractivity contribution in [2.75, 3.05) is 18.6 Å². The second-order valence-corrected chi connectivity index (χ2v) is 12.0. The molecule has 3 aromatic rings. The molecular weight excluding hydrogens is 504 g/mol. The first-order chi connectivity index (χ1) is 19.1. The molecule has 1 aromatic carbocycles. The molecule has 0 unspecified atom stereocenters. The highest BCUT2D eigenvalue weighted by Crippen LogP contribution is 2.33. The van der Waals surface area contributed by atoms with Crippen LogP contribution in [-0.2, 0) is 29.0 Å². The highest BCUT2D eigenvalue weighted by Gasteiger charge is 2.28. The van der Waals surface area contributed by atoms with Gasteiger partial charge in [0.15, 0.2) is 5.69 Å². The van der Waals surface area contributed by atoms with Crippen LogP contribution >= 0.6 is 0 Å². The standard InChI is InChI=1S/C32H40N4O4/c1-21-26(18-33-36(21)19-22-10-7-6-8-11-22)24-14-15-28(34-29(24)31(38)40-32(2,3)4)35-17-16-23-12-9-13-25(27(23)20-35)30(37)39-5/h9,12-15,18,22H,6-8,10-11,16-17,19-20H2,1-5H3. The zero-order valence-electron chi connectivity index (χ0n) is 24.3. The number of methoxy groups -OCH3 is 1. The van der Waals surface area contributed by atoms with Gasteiger partial charge in [0.1, 0.15) is 11.4 Å². The zero-order valence-corrected chi connectivity index (χ0v) is 24.3. The average molecular weight is 545 g/mol. The Morgan fingerprint density at radius 2 is 1.80 bits per heavy atom. The van der Waals surface area contributed by atoms with Gasteiger partial charge < -0.3 is 14.4 Å². The average Bonchev–Trinajstić information content (AvgIpc) is 3.30. The number of hydrogen-bond acceptors (Lipinski definition) is 7. The maximum absolute atomic E-state index is 13.5. The van der Waals surface area contributed by atoms with E-state index in [1.807, 2.05) is 45.2 Å². The SMILES string of the molecule is COC(=O)c1cccc2c1CN(c1ccc(-c3cnn(CC4CCCCC4)c3C)c(C(=O)OC(C)(C)C)n1)CC2. The van der Waals surface area contributed by atoms with Crippen molar-refractivity contribution in [3.8, 4) is 11.1 Å². The molecule has 8 nitrogen and oxygen atoms in total. The van der Waals surface area contributed by atoms with Gasteiger partial charge in [-0.1, -0.05) is 31.4 Å². The molecule has 0 atom stereocenters. The molecule has 3 heterocycles.